The van der Waals surface area contributed by atoms with Crippen molar-refractivity contribution in [2.45, 2.75) is 26.3 Å². The average Bonchev–Trinajstić information content (AvgIpc) is 2.20. The molecule has 5 heteroatoms. The second-order valence-electron chi connectivity index (χ2n) is 4.14. The van der Waals surface area contributed by atoms with Gasteiger partial charge in [-0.15, -0.1) is 0 Å². The van der Waals surface area contributed by atoms with E-state index in [2.05, 4.69) is 0 Å². The summed E-state index contributed by atoms with van der Waals surface area (Å²) in [6, 6.07) is 4.50. The van der Waals surface area contributed by atoms with Crippen LogP contribution in [0.1, 0.15) is 19.4 Å². The molecule has 0 bridgehead atoms. The molecule has 1 atom stereocenters. The van der Waals surface area contributed by atoms with Crippen LogP contribution in [-0.4, -0.2) is 11.0 Å². The minimum Gasteiger partial charge on any atom is -0.327 e. The van der Waals surface area contributed by atoms with Crippen LogP contribution in [0, 0.1) is 16.0 Å². The quantitative estimate of drug-likeness (QED) is 0.652. The molecular weight excluding hydrogens is 228 g/mol. The molecule has 16 heavy (non-hydrogen) atoms. The Balaban J connectivity index is 2.87. The van der Waals surface area contributed by atoms with Crippen LogP contribution in [0.2, 0.25) is 5.02 Å². The molecule has 0 saturated carbocycles. The number of nitro benzene ring substituents is 1. The van der Waals surface area contributed by atoms with E-state index in [1.165, 1.54) is 12.1 Å². The summed E-state index contributed by atoms with van der Waals surface area (Å²) in [6.45, 7) is 4.06. The maximum atomic E-state index is 10.5. The van der Waals surface area contributed by atoms with Crippen LogP contribution in [0.25, 0.3) is 0 Å². The van der Waals surface area contributed by atoms with Gasteiger partial charge >= 0.3 is 0 Å². The molecule has 0 amide bonds. The van der Waals surface area contributed by atoms with Crippen molar-refractivity contribution in [1.82, 2.24) is 0 Å². The average molecular weight is 243 g/mol. The highest BCUT2D eigenvalue weighted by molar-refractivity contribution is 6.31. The lowest BCUT2D eigenvalue weighted by molar-refractivity contribution is -0.384. The molecule has 0 aliphatic carbocycles. The van der Waals surface area contributed by atoms with Gasteiger partial charge in [-0.1, -0.05) is 31.5 Å². The Hall–Kier alpha value is -1.13. The fourth-order valence-corrected chi connectivity index (χ4v) is 1.56. The van der Waals surface area contributed by atoms with E-state index < -0.39 is 4.92 Å². The first-order valence-electron chi connectivity index (χ1n) is 5.10. The van der Waals surface area contributed by atoms with Gasteiger partial charge in [-0.25, -0.2) is 0 Å². The lowest BCUT2D eigenvalue weighted by Gasteiger charge is -2.16. The number of halogens is 1. The van der Waals surface area contributed by atoms with Gasteiger partial charge in [0.05, 0.1) is 9.95 Å². The number of benzene rings is 1. The predicted octanol–water partition coefficient (Wildman–Crippen LogP) is 2.77. The van der Waals surface area contributed by atoms with Crippen molar-refractivity contribution in [1.29, 1.82) is 0 Å². The SMILES string of the molecule is CC(C)C(N)Cc1ccc([N+](=O)[O-])cc1Cl. The second kappa shape index (κ2) is 5.27. The van der Waals surface area contributed by atoms with E-state index in [4.69, 9.17) is 17.3 Å². The van der Waals surface area contributed by atoms with E-state index in [0.29, 0.717) is 17.4 Å². The van der Waals surface area contributed by atoms with Gasteiger partial charge in [0.15, 0.2) is 0 Å². The zero-order valence-electron chi connectivity index (χ0n) is 9.31. The minimum absolute atomic E-state index is 0.00636. The monoisotopic (exact) mass is 242 g/mol. The third-order valence-electron chi connectivity index (χ3n) is 2.56. The Morgan fingerprint density at radius 3 is 2.56 bits per heavy atom. The molecular formula is C11H15ClN2O2. The summed E-state index contributed by atoms with van der Waals surface area (Å²) in [6.07, 6.45) is 0.633. The lowest BCUT2D eigenvalue weighted by atomic mass is 9.97. The Morgan fingerprint density at radius 2 is 2.12 bits per heavy atom. The van der Waals surface area contributed by atoms with Crippen molar-refractivity contribution < 1.29 is 4.92 Å². The Labute approximate surface area is 99.6 Å². The topological polar surface area (TPSA) is 69.2 Å². The highest BCUT2D eigenvalue weighted by atomic mass is 35.5. The fraction of sp³-hybridized carbons (Fsp3) is 0.455. The van der Waals surface area contributed by atoms with Gasteiger partial charge in [0.2, 0.25) is 0 Å². The Kier molecular flexibility index (Phi) is 4.26. The molecule has 1 aromatic rings. The Morgan fingerprint density at radius 1 is 1.50 bits per heavy atom. The van der Waals surface area contributed by atoms with Crippen molar-refractivity contribution in [2.24, 2.45) is 11.7 Å². The molecule has 0 heterocycles. The third kappa shape index (κ3) is 3.18. The fourth-order valence-electron chi connectivity index (χ4n) is 1.30. The van der Waals surface area contributed by atoms with Crippen molar-refractivity contribution in [3.63, 3.8) is 0 Å². The van der Waals surface area contributed by atoms with E-state index in [-0.39, 0.29) is 11.7 Å². The molecule has 0 saturated heterocycles. The van der Waals surface area contributed by atoms with E-state index in [1.807, 2.05) is 13.8 Å². The molecule has 2 N–H and O–H groups in total. The number of hydrogen-bond donors (Lipinski definition) is 1. The van der Waals surface area contributed by atoms with Crippen LogP contribution in [0.15, 0.2) is 18.2 Å². The maximum Gasteiger partial charge on any atom is 0.270 e. The summed E-state index contributed by atoms with van der Waals surface area (Å²) in [7, 11) is 0. The van der Waals surface area contributed by atoms with Crippen LogP contribution in [0.4, 0.5) is 5.69 Å². The van der Waals surface area contributed by atoms with Crippen LogP contribution in [-0.2, 0) is 6.42 Å². The minimum atomic E-state index is -0.460. The first-order valence-corrected chi connectivity index (χ1v) is 5.48. The van der Waals surface area contributed by atoms with Crippen LogP contribution >= 0.6 is 11.6 Å². The molecule has 0 aliphatic rings. The number of nitrogens with two attached hydrogens (primary N) is 1. The van der Waals surface area contributed by atoms with Crippen LogP contribution in [0.3, 0.4) is 0 Å². The zero-order chi connectivity index (χ0) is 12.3. The van der Waals surface area contributed by atoms with Gasteiger partial charge in [0.25, 0.3) is 5.69 Å². The van der Waals surface area contributed by atoms with Crippen LogP contribution < -0.4 is 5.73 Å². The first-order chi connectivity index (χ1) is 7.41. The largest absolute Gasteiger partial charge is 0.327 e. The maximum absolute atomic E-state index is 10.5. The summed E-state index contributed by atoms with van der Waals surface area (Å²) in [5.74, 6) is 0.353. The van der Waals surface area contributed by atoms with E-state index in [9.17, 15) is 10.1 Å². The summed E-state index contributed by atoms with van der Waals surface area (Å²) in [5.41, 5.74) is 6.78. The van der Waals surface area contributed by atoms with Crippen molar-refractivity contribution in [3.05, 3.63) is 38.9 Å². The molecule has 88 valence electrons. The normalized spacial score (nSPS) is 12.8. The highest BCUT2D eigenvalue weighted by Crippen LogP contribution is 2.24. The van der Waals surface area contributed by atoms with Gasteiger partial charge in [-0.05, 0) is 17.9 Å². The molecule has 1 unspecified atom stereocenters. The number of nitrogens with zero attached hydrogens (tertiary/aromatic N) is 1. The van der Waals surface area contributed by atoms with Gasteiger partial charge < -0.3 is 5.73 Å². The van der Waals surface area contributed by atoms with Crippen molar-refractivity contribution >= 4 is 17.3 Å². The summed E-state index contributed by atoms with van der Waals surface area (Å²) < 4.78 is 0. The van der Waals surface area contributed by atoms with E-state index in [0.717, 1.165) is 5.56 Å². The lowest BCUT2D eigenvalue weighted by Crippen LogP contribution is -2.28. The second-order valence-corrected chi connectivity index (χ2v) is 4.55. The molecule has 0 aromatic heterocycles. The molecule has 1 rings (SSSR count). The van der Waals surface area contributed by atoms with Gasteiger partial charge in [0.1, 0.15) is 0 Å². The molecule has 0 fully saturated rings. The Bertz CT molecular complexity index is 394. The number of hydrogen-bond acceptors (Lipinski definition) is 3. The number of non-ortho nitro benzene ring substituents is 1. The van der Waals surface area contributed by atoms with E-state index in [1.54, 1.807) is 6.07 Å². The first kappa shape index (κ1) is 12.9. The zero-order valence-corrected chi connectivity index (χ0v) is 10.1. The van der Waals surface area contributed by atoms with Crippen LogP contribution in [0.5, 0.6) is 0 Å². The molecule has 0 aliphatic heterocycles. The predicted molar refractivity (Wildman–Crippen MR) is 64.6 cm³/mol. The number of rotatable bonds is 4. The smallest absolute Gasteiger partial charge is 0.270 e. The molecule has 0 radical (unpaired) electrons. The molecule has 0 spiro atoms. The van der Waals surface area contributed by atoms with Gasteiger partial charge in [-0.2, -0.15) is 0 Å². The number of nitro groups is 1. The highest BCUT2D eigenvalue weighted by Gasteiger charge is 2.13. The summed E-state index contributed by atoms with van der Waals surface area (Å²) >= 11 is 5.96. The van der Waals surface area contributed by atoms with Crippen molar-refractivity contribution in [2.75, 3.05) is 0 Å². The third-order valence-corrected chi connectivity index (χ3v) is 2.91. The van der Waals surface area contributed by atoms with E-state index >= 15 is 0 Å². The van der Waals surface area contributed by atoms with Gasteiger partial charge in [-0.3, -0.25) is 10.1 Å². The summed E-state index contributed by atoms with van der Waals surface area (Å²) in [4.78, 5) is 10.1. The van der Waals surface area contributed by atoms with Crippen molar-refractivity contribution in [3.8, 4) is 0 Å². The van der Waals surface area contributed by atoms with Gasteiger partial charge in [0, 0.05) is 18.2 Å². The molecule has 1 aromatic carbocycles. The standard InChI is InChI=1S/C11H15ClN2O2/c1-7(2)11(13)5-8-3-4-9(14(15)16)6-10(8)12/h3-4,6-7,11H,5,13H2,1-2H3. The molecule has 4 nitrogen and oxygen atoms in total. The summed E-state index contributed by atoms with van der Waals surface area (Å²) in [5, 5.41) is 10.9.